The van der Waals surface area contributed by atoms with Crippen molar-refractivity contribution in [3.63, 3.8) is 0 Å². The lowest BCUT2D eigenvalue weighted by atomic mass is 10.1. The molecule has 2 heterocycles. The minimum Gasteiger partial charge on any atom is -0.335 e. The van der Waals surface area contributed by atoms with Gasteiger partial charge in [0.1, 0.15) is 0 Å². The molecule has 2 aromatic carbocycles. The van der Waals surface area contributed by atoms with Gasteiger partial charge in [-0.2, -0.15) is 0 Å². The molecule has 1 saturated heterocycles. The fourth-order valence-corrected chi connectivity index (χ4v) is 7.52. The molecule has 0 radical (unpaired) electrons. The molecular formula is C23H26N2O3S3. The zero-order valence-electron chi connectivity index (χ0n) is 17.5. The van der Waals surface area contributed by atoms with Crippen LogP contribution in [0.25, 0.3) is 10.2 Å². The number of fused-ring (bicyclic) bond motifs is 1. The van der Waals surface area contributed by atoms with Crippen molar-refractivity contribution in [1.29, 1.82) is 0 Å². The first-order valence-corrected chi connectivity index (χ1v) is 14.2. The highest BCUT2D eigenvalue weighted by atomic mass is 32.2. The van der Waals surface area contributed by atoms with Gasteiger partial charge in [-0.3, -0.25) is 4.79 Å². The highest BCUT2D eigenvalue weighted by molar-refractivity contribution is 8.00. The van der Waals surface area contributed by atoms with Gasteiger partial charge in [0.05, 0.1) is 21.7 Å². The van der Waals surface area contributed by atoms with E-state index in [4.69, 9.17) is 0 Å². The smallest absolute Gasteiger partial charge is 0.254 e. The van der Waals surface area contributed by atoms with Crippen LogP contribution in [-0.2, 0) is 15.6 Å². The molecule has 4 rings (SSSR count). The minimum absolute atomic E-state index is 0.0686. The number of benzene rings is 2. The monoisotopic (exact) mass is 474 g/mol. The average molecular weight is 475 g/mol. The molecule has 8 heteroatoms. The number of aromatic nitrogens is 1. The van der Waals surface area contributed by atoms with Crippen molar-refractivity contribution in [3.8, 4) is 0 Å². The summed E-state index contributed by atoms with van der Waals surface area (Å²) in [5.41, 5.74) is 2.77. The van der Waals surface area contributed by atoms with Crippen molar-refractivity contribution in [2.45, 2.75) is 42.3 Å². The normalized spacial score (nSPS) is 17.8. The predicted octanol–water partition coefficient (Wildman–Crippen LogP) is 5.02. The predicted molar refractivity (Wildman–Crippen MR) is 129 cm³/mol. The van der Waals surface area contributed by atoms with Crippen molar-refractivity contribution in [1.82, 2.24) is 9.88 Å². The third kappa shape index (κ3) is 5.48. The molecular weight excluding hydrogens is 448 g/mol. The zero-order chi connectivity index (χ0) is 21.8. The maximum absolute atomic E-state index is 13.2. The second kappa shape index (κ2) is 9.71. The standard InChI is InChI=1S/C23H26N2O3S3/c1-2-3-13-25(19-12-14-31(27,28)16-19)22(26)18-10-8-17(9-11-18)15-29-23-24-20-6-4-5-7-21(20)30-23/h4-11,19H,2-3,12-16H2,1H3. The van der Waals surface area contributed by atoms with Crippen molar-refractivity contribution in [2.24, 2.45) is 0 Å². The molecule has 0 saturated carbocycles. The molecule has 1 atom stereocenters. The van der Waals surface area contributed by atoms with E-state index in [-0.39, 0.29) is 23.5 Å². The Labute approximate surface area is 191 Å². The summed E-state index contributed by atoms with van der Waals surface area (Å²) in [6.07, 6.45) is 2.37. The maximum Gasteiger partial charge on any atom is 0.254 e. The Bertz CT molecular complexity index is 1120. The summed E-state index contributed by atoms with van der Waals surface area (Å²) in [7, 11) is -3.03. The molecule has 1 amide bonds. The molecule has 164 valence electrons. The summed E-state index contributed by atoms with van der Waals surface area (Å²) in [5.74, 6) is 0.977. The van der Waals surface area contributed by atoms with Gasteiger partial charge in [0.2, 0.25) is 0 Å². The molecule has 0 aliphatic carbocycles. The van der Waals surface area contributed by atoms with Gasteiger partial charge in [0.15, 0.2) is 14.2 Å². The minimum atomic E-state index is -3.03. The van der Waals surface area contributed by atoms with Crippen LogP contribution in [0.4, 0.5) is 0 Å². The number of unbranched alkanes of at least 4 members (excludes halogenated alkanes) is 1. The van der Waals surface area contributed by atoms with Gasteiger partial charge in [-0.05, 0) is 42.7 Å². The van der Waals surface area contributed by atoms with Crippen LogP contribution < -0.4 is 0 Å². The Balaban J connectivity index is 1.42. The first kappa shape index (κ1) is 22.3. The number of thiazole rings is 1. The molecule has 1 unspecified atom stereocenters. The number of hydrogen-bond donors (Lipinski definition) is 0. The second-order valence-corrected chi connectivity index (χ2v) is 12.3. The topological polar surface area (TPSA) is 67.3 Å². The Kier molecular flexibility index (Phi) is 6.99. The van der Waals surface area contributed by atoms with E-state index in [0.717, 1.165) is 34.0 Å². The summed E-state index contributed by atoms with van der Waals surface area (Å²) >= 11 is 3.39. The number of sulfone groups is 1. The van der Waals surface area contributed by atoms with Gasteiger partial charge < -0.3 is 4.90 Å². The fraction of sp³-hybridized carbons (Fsp3) is 0.391. The van der Waals surface area contributed by atoms with Gasteiger partial charge in [-0.25, -0.2) is 13.4 Å². The van der Waals surface area contributed by atoms with E-state index in [1.54, 1.807) is 28.0 Å². The molecule has 1 fully saturated rings. The van der Waals surface area contributed by atoms with Crippen molar-refractivity contribution >= 4 is 49.1 Å². The summed E-state index contributed by atoms with van der Waals surface area (Å²) < 4.78 is 26.1. The average Bonchev–Trinajstić information content (AvgIpc) is 3.35. The molecule has 0 spiro atoms. The van der Waals surface area contributed by atoms with E-state index in [1.807, 2.05) is 42.5 Å². The molecule has 1 aromatic heterocycles. The number of nitrogens with zero attached hydrogens (tertiary/aromatic N) is 2. The highest BCUT2D eigenvalue weighted by Gasteiger charge is 2.34. The first-order valence-electron chi connectivity index (χ1n) is 10.5. The SMILES string of the molecule is CCCCN(C(=O)c1ccc(CSc2nc3ccccc3s2)cc1)C1CCS(=O)(=O)C1. The molecule has 1 aliphatic heterocycles. The van der Waals surface area contributed by atoms with Gasteiger partial charge in [-0.1, -0.05) is 49.4 Å². The van der Waals surface area contributed by atoms with E-state index in [9.17, 15) is 13.2 Å². The Morgan fingerprint density at radius 2 is 1.97 bits per heavy atom. The van der Waals surface area contributed by atoms with E-state index in [0.29, 0.717) is 18.5 Å². The van der Waals surface area contributed by atoms with Crippen LogP contribution >= 0.6 is 23.1 Å². The molecule has 0 N–H and O–H groups in total. The lowest BCUT2D eigenvalue weighted by molar-refractivity contribution is 0.0694. The highest BCUT2D eigenvalue weighted by Crippen LogP contribution is 2.31. The van der Waals surface area contributed by atoms with Crippen molar-refractivity contribution in [3.05, 3.63) is 59.7 Å². The molecule has 0 bridgehead atoms. The van der Waals surface area contributed by atoms with Gasteiger partial charge in [0.25, 0.3) is 5.91 Å². The van der Waals surface area contributed by atoms with E-state index in [2.05, 4.69) is 18.0 Å². The number of hydrogen-bond acceptors (Lipinski definition) is 6. The number of carbonyl (C=O) groups excluding carboxylic acids is 1. The summed E-state index contributed by atoms with van der Waals surface area (Å²) in [5, 5.41) is 0. The summed E-state index contributed by atoms with van der Waals surface area (Å²) in [6.45, 7) is 2.68. The summed E-state index contributed by atoms with van der Waals surface area (Å²) in [4.78, 5) is 19.6. The van der Waals surface area contributed by atoms with Gasteiger partial charge >= 0.3 is 0 Å². The number of amides is 1. The van der Waals surface area contributed by atoms with E-state index in [1.165, 1.54) is 4.70 Å². The Hall–Kier alpha value is -1.90. The van der Waals surface area contributed by atoms with Crippen LogP contribution in [0.2, 0.25) is 0 Å². The fourth-order valence-electron chi connectivity index (χ4n) is 3.77. The van der Waals surface area contributed by atoms with Crippen LogP contribution in [0, 0.1) is 0 Å². The molecule has 5 nitrogen and oxygen atoms in total. The summed E-state index contributed by atoms with van der Waals surface area (Å²) in [6, 6.07) is 15.6. The number of thioether (sulfide) groups is 1. The lowest BCUT2D eigenvalue weighted by Gasteiger charge is -2.28. The van der Waals surface area contributed by atoms with E-state index >= 15 is 0 Å². The molecule has 3 aromatic rings. The molecule has 31 heavy (non-hydrogen) atoms. The third-order valence-corrected chi connectivity index (χ3v) is 9.50. The Morgan fingerprint density at radius 3 is 2.65 bits per heavy atom. The van der Waals surface area contributed by atoms with Crippen LogP contribution in [-0.4, -0.2) is 48.3 Å². The quantitative estimate of drug-likeness (QED) is 0.429. The lowest BCUT2D eigenvalue weighted by Crippen LogP contribution is -2.41. The van der Waals surface area contributed by atoms with E-state index < -0.39 is 9.84 Å². The third-order valence-electron chi connectivity index (χ3n) is 5.50. The molecule has 1 aliphatic rings. The van der Waals surface area contributed by atoms with Crippen LogP contribution in [0.3, 0.4) is 0 Å². The van der Waals surface area contributed by atoms with Crippen molar-refractivity contribution in [2.75, 3.05) is 18.1 Å². The Morgan fingerprint density at radius 1 is 1.19 bits per heavy atom. The number of carbonyl (C=O) groups is 1. The van der Waals surface area contributed by atoms with Crippen molar-refractivity contribution < 1.29 is 13.2 Å². The first-order chi connectivity index (χ1) is 14.9. The zero-order valence-corrected chi connectivity index (χ0v) is 19.9. The van der Waals surface area contributed by atoms with Gasteiger partial charge in [-0.15, -0.1) is 11.3 Å². The largest absolute Gasteiger partial charge is 0.335 e. The maximum atomic E-state index is 13.2. The number of rotatable bonds is 8. The van der Waals surface area contributed by atoms with Gasteiger partial charge in [0, 0.05) is 23.9 Å². The van der Waals surface area contributed by atoms with Crippen LogP contribution in [0.15, 0.2) is 52.9 Å². The van der Waals surface area contributed by atoms with Crippen LogP contribution in [0.1, 0.15) is 42.1 Å². The van der Waals surface area contributed by atoms with Crippen LogP contribution in [0.5, 0.6) is 0 Å². The second-order valence-electron chi connectivity index (χ2n) is 7.84. The number of para-hydroxylation sites is 1.